The van der Waals surface area contributed by atoms with Gasteiger partial charge in [-0.3, -0.25) is 15.9 Å². The van der Waals surface area contributed by atoms with Gasteiger partial charge in [0.1, 0.15) is 0 Å². The van der Waals surface area contributed by atoms with E-state index >= 15 is 0 Å². The molecule has 0 rings (SSSR count). The molecule has 0 heterocycles. The fourth-order valence-electron chi connectivity index (χ4n) is 0.484. The summed E-state index contributed by atoms with van der Waals surface area (Å²) in [5, 5.41) is 8.17. The Labute approximate surface area is 76.1 Å². The van der Waals surface area contributed by atoms with Crippen molar-refractivity contribution in [2.75, 3.05) is 12.3 Å². The number of amides is 1. The molecule has 1 amide bonds. The summed E-state index contributed by atoms with van der Waals surface area (Å²) in [4.78, 5) is 10.9. The zero-order chi connectivity index (χ0) is 9.56. The maximum atomic E-state index is 10.9. The maximum Gasteiger partial charge on any atom is 0.299 e. The molecule has 0 aromatic rings. The van der Waals surface area contributed by atoms with Gasteiger partial charge in [-0.2, -0.15) is 0 Å². The zero-order valence-electron chi connectivity index (χ0n) is 7.09. The third kappa shape index (κ3) is 5.79. The standard InChI is InChI=1S/C7H13N3OS/c1-5(2)6(11)10-3-4-12-7(8)9/h1,3-4H2,2H3,(H3,8,9)(H,10,11)/p+1. The summed E-state index contributed by atoms with van der Waals surface area (Å²) in [6.07, 6.45) is 0. The Bertz CT molecular complexity index is 203. The van der Waals surface area contributed by atoms with Crippen LogP contribution in [0.4, 0.5) is 0 Å². The molecule has 0 spiro atoms. The Hall–Kier alpha value is -0.970. The molecule has 0 bridgehead atoms. The zero-order valence-corrected chi connectivity index (χ0v) is 7.91. The smallest absolute Gasteiger partial charge is 0.299 e. The van der Waals surface area contributed by atoms with Crippen molar-refractivity contribution in [1.29, 1.82) is 0 Å². The van der Waals surface area contributed by atoms with Crippen LogP contribution in [-0.4, -0.2) is 23.4 Å². The average molecular weight is 188 g/mol. The summed E-state index contributed by atoms with van der Waals surface area (Å²) in [5.41, 5.74) is 5.70. The molecule has 0 saturated carbocycles. The average Bonchev–Trinajstić information content (AvgIpc) is 1.97. The minimum absolute atomic E-state index is 0.133. The van der Waals surface area contributed by atoms with Crippen molar-refractivity contribution in [3.63, 3.8) is 0 Å². The molecule has 68 valence electrons. The Kier molecular flexibility index (Phi) is 5.19. The van der Waals surface area contributed by atoms with Gasteiger partial charge in [0.25, 0.3) is 5.17 Å². The number of nitrogens with two attached hydrogens (primary N) is 2. The quantitative estimate of drug-likeness (QED) is 0.217. The highest BCUT2D eigenvalue weighted by molar-refractivity contribution is 8.13. The third-order valence-electron chi connectivity index (χ3n) is 1.04. The van der Waals surface area contributed by atoms with Gasteiger partial charge in [-0.1, -0.05) is 6.58 Å². The first-order valence-electron chi connectivity index (χ1n) is 3.48. The summed E-state index contributed by atoms with van der Waals surface area (Å²) in [7, 11) is 0. The van der Waals surface area contributed by atoms with Gasteiger partial charge in [0.15, 0.2) is 0 Å². The van der Waals surface area contributed by atoms with Crippen LogP contribution in [0.2, 0.25) is 0 Å². The van der Waals surface area contributed by atoms with Gasteiger partial charge in [-0.05, 0) is 18.7 Å². The van der Waals surface area contributed by atoms with E-state index in [0.717, 1.165) is 0 Å². The second-order valence-corrected chi connectivity index (χ2v) is 3.46. The maximum absolute atomic E-state index is 10.9. The molecular formula is C7H14N3OS+. The van der Waals surface area contributed by atoms with Crippen molar-refractivity contribution in [1.82, 2.24) is 5.32 Å². The van der Waals surface area contributed by atoms with E-state index in [-0.39, 0.29) is 5.91 Å². The van der Waals surface area contributed by atoms with Crippen LogP contribution < -0.4 is 16.5 Å². The van der Waals surface area contributed by atoms with Gasteiger partial charge < -0.3 is 5.32 Å². The van der Waals surface area contributed by atoms with Gasteiger partial charge in [-0.25, -0.2) is 0 Å². The lowest BCUT2D eigenvalue weighted by atomic mass is 10.3. The lowest BCUT2D eigenvalue weighted by Gasteiger charge is -2.01. The first-order valence-corrected chi connectivity index (χ1v) is 4.47. The Morgan fingerprint density at radius 3 is 2.75 bits per heavy atom. The van der Waals surface area contributed by atoms with E-state index in [1.165, 1.54) is 11.8 Å². The second kappa shape index (κ2) is 5.65. The molecule has 0 aromatic heterocycles. The second-order valence-electron chi connectivity index (χ2n) is 2.29. The van der Waals surface area contributed by atoms with E-state index in [9.17, 15) is 4.79 Å². The number of carbonyl (C=O) groups is 1. The van der Waals surface area contributed by atoms with Crippen molar-refractivity contribution in [2.45, 2.75) is 6.92 Å². The highest BCUT2D eigenvalue weighted by atomic mass is 32.2. The summed E-state index contributed by atoms with van der Waals surface area (Å²) in [6, 6.07) is 0. The first-order chi connectivity index (χ1) is 5.54. The summed E-state index contributed by atoms with van der Waals surface area (Å²) < 4.78 is 0. The van der Waals surface area contributed by atoms with E-state index in [1.807, 2.05) is 0 Å². The number of nitrogens with one attached hydrogen (secondary N) is 1. The van der Waals surface area contributed by atoms with Crippen LogP contribution in [0.3, 0.4) is 0 Å². The lowest BCUT2D eigenvalue weighted by molar-refractivity contribution is -0.117. The number of rotatable bonds is 4. The summed E-state index contributed by atoms with van der Waals surface area (Å²) >= 11 is 1.31. The van der Waals surface area contributed by atoms with E-state index in [2.05, 4.69) is 11.9 Å². The Morgan fingerprint density at radius 1 is 1.75 bits per heavy atom. The molecule has 5 heteroatoms. The number of carbonyl (C=O) groups excluding carboxylic acids is 1. The molecule has 0 saturated heterocycles. The number of amidine groups is 1. The molecule has 0 aliphatic heterocycles. The fourth-order valence-corrected chi connectivity index (χ4v) is 0.924. The monoisotopic (exact) mass is 188 g/mol. The van der Waals surface area contributed by atoms with Crippen molar-refractivity contribution < 1.29 is 10.2 Å². The summed E-state index contributed by atoms with van der Waals surface area (Å²) in [5.74, 6) is 0.549. The molecule has 12 heavy (non-hydrogen) atoms. The molecule has 0 aliphatic rings. The predicted molar refractivity (Wildman–Crippen MR) is 51.4 cm³/mol. The van der Waals surface area contributed by atoms with Crippen molar-refractivity contribution in [3.05, 3.63) is 12.2 Å². The van der Waals surface area contributed by atoms with Crippen molar-refractivity contribution >= 4 is 22.8 Å². The lowest BCUT2D eigenvalue weighted by Crippen LogP contribution is -2.43. The molecule has 0 radical (unpaired) electrons. The minimum atomic E-state index is -0.133. The number of hydrogen-bond donors (Lipinski definition) is 3. The Morgan fingerprint density at radius 2 is 2.33 bits per heavy atom. The minimum Gasteiger partial charge on any atom is -0.351 e. The highest BCUT2D eigenvalue weighted by Crippen LogP contribution is 1.93. The van der Waals surface area contributed by atoms with Gasteiger partial charge in [0.2, 0.25) is 5.91 Å². The largest absolute Gasteiger partial charge is 0.351 e. The number of hydrogen-bond acceptors (Lipinski definition) is 2. The predicted octanol–water partition coefficient (Wildman–Crippen LogP) is -1.51. The molecule has 5 N–H and O–H groups in total. The van der Waals surface area contributed by atoms with E-state index in [1.54, 1.807) is 6.92 Å². The molecular weight excluding hydrogens is 174 g/mol. The van der Waals surface area contributed by atoms with Crippen molar-refractivity contribution in [2.24, 2.45) is 5.73 Å². The van der Waals surface area contributed by atoms with Crippen LogP contribution in [0.15, 0.2) is 12.2 Å². The normalized spacial score (nSPS) is 9.08. The molecule has 0 fully saturated rings. The van der Waals surface area contributed by atoms with Crippen LogP contribution in [0.5, 0.6) is 0 Å². The Balaban J connectivity index is 3.38. The van der Waals surface area contributed by atoms with E-state index < -0.39 is 0 Å². The van der Waals surface area contributed by atoms with Crippen LogP contribution in [0, 0.1) is 0 Å². The van der Waals surface area contributed by atoms with Crippen LogP contribution in [-0.2, 0) is 4.79 Å². The van der Waals surface area contributed by atoms with Gasteiger partial charge in [0, 0.05) is 17.9 Å². The topological polar surface area (TPSA) is 80.7 Å². The van der Waals surface area contributed by atoms with E-state index in [0.29, 0.717) is 23.0 Å². The van der Waals surface area contributed by atoms with Crippen molar-refractivity contribution in [3.8, 4) is 0 Å². The fraction of sp³-hybridized carbons (Fsp3) is 0.429. The van der Waals surface area contributed by atoms with Crippen LogP contribution >= 0.6 is 11.8 Å². The van der Waals surface area contributed by atoms with Crippen LogP contribution in [0.1, 0.15) is 6.92 Å². The SMILES string of the molecule is C=C(C)C(=O)NCCSC(N)=[NH2+]. The van der Waals surface area contributed by atoms with Gasteiger partial charge >= 0.3 is 0 Å². The highest BCUT2D eigenvalue weighted by Gasteiger charge is 2.00. The summed E-state index contributed by atoms with van der Waals surface area (Å²) in [6.45, 7) is 5.70. The van der Waals surface area contributed by atoms with Gasteiger partial charge in [0.05, 0.1) is 0 Å². The van der Waals surface area contributed by atoms with Crippen LogP contribution in [0.25, 0.3) is 0 Å². The first kappa shape index (κ1) is 11.0. The van der Waals surface area contributed by atoms with Gasteiger partial charge in [-0.15, -0.1) is 0 Å². The molecule has 0 atom stereocenters. The molecule has 0 unspecified atom stereocenters. The third-order valence-corrected chi connectivity index (χ3v) is 1.79. The van der Waals surface area contributed by atoms with E-state index in [4.69, 9.17) is 11.1 Å². The number of thioether (sulfide) groups is 1. The molecule has 0 aromatic carbocycles. The molecule has 0 aliphatic carbocycles. The molecule has 4 nitrogen and oxygen atoms in total.